The molecular weight excluding hydrogens is 257 g/mol. The maximum absolute atomic E-state index is 13.3. The molecule has 0 aliphatic heterocycles. The lowest BCUT2D eigenvalue weighted by molar-refractivity contribution is 0.0889. The maximum atomic E-state index is 13.3. The molecule has 3 nitrogen and oxygen atoms in total. The monoisotopic (exact) mass is 281 g/mol. The zero-order valence-electron chi connectivity index (χ0n) is 12.9. The Morgan fingerprint density at radius 2 is 1.95 bits per heavy atom. The van der Waals surface area contributed by atoms with Gasteiger partial charge in [0.25, 0.3) is 0 Å². The number of halogens is 1. The summed E-state index contributed by atoms with van der Waals surface area (Å²) in [5.74, 6) is 0.356. The highest BCUT2D eigenvalue weighted by Crippen LogP contribution is 2.20. The van der Waals surface area contributed by atoms with Gasteiger partial charge in [-0.3, -0.25) is 9.69 Å². The summed E-state index contributed by atoms with van der Waals surface area (Å²) in [6.45, 7) is 9.44. The Bertz CT molecular complexity index is 458. The van der Waals surface area contributed by atoms with E-state index in [0.29, 0.717) is 17.2 Å². The summed E-state index contributed by atoms with van der Waals surface area (Å²) in [6.07, 6.45) is 0. The van der Waals surface area contributed by atoms with E-state index in [2.05, 4.69) is 32.6 Å². The summed E-state index contributed by atoms with van der Waals surface area (Å²) in [4.78, 5) is 14.5. The van der Waals surface area contributed by atoms with Crippen LogP contribution in [0.1, 0.15) is 38.1 Å². The van der Waals surface area contributed by atoms with E-state index in [0.717, 1.165) is 6.54 Å². The molecule has 1 aromatic rings. The number of rotatable bonds is 7. The Morgan fingerprint density at radius 3 is 2.45 bits per heavy atom. The Labute approximate surface area is 120 Å². The first-order valence-corrected chi connectivity index (χ1v) is 6.96. The van der Waals surface area contributed by atoms with Gasteiger partial charge in [0, 0.05) is 12.6 Å². The molecule has 0 bridgehead atoms. The molecule has 4 heteroatoms. The summed E-state index contributed by atoms with van der Waals surface area (Å²) >= 11 is 0. The van der Waals surface area contributed by atoms with Crippen LogP contribution in [0.15, 0.2) is 18.2 Å². The third-order valence-electron chi connectivity index (χ3n) is 3.14. The molecule has 0 heterocycles. The van der Waals surface area contributed by atoms with Gasteiger partial charge in [0.05, 0.1) is 19.2 Å². The first kappa shape index (κ1) is 16.6. The minimum absolute atomic E-state index is 0.115. The summed E-state index contributed by atoms with van der Waals surface area (Å²) in [6, 6.07) is 4.30. The van der Waals surface area contributed by atoms with E-state index < -0.39 is 5.82 Å². The fourth-order valence-electron chi connectivity index (χ4n) is 2.09. The molecule has 0 saturated heterocycles. The third kappa shape index (κ3) is 4.60. The average molecular weight is 281 g/mol. The number of hydrogen-bond donors (Lipinski definition) is 0. The lowest BCUT2D eigenvalue weighted by Gasteiger charge is -2.27. The van der Waals surface area contributed by atoms with Crippen molar-refractivity contribution < 1.29 is 13.9 Å². The van der Waals surface area contributed by atoms with Gasteiger partial charge >= 0.3 is 0 Å². The Balaban J connectivity index is 2.91. The van der Waals surface area contributed by atoms with E-state index in [1.54, 1.807) is 0 Å². The molecule has 0 fully saturated rings. The largest absolute Gasteiger partial charge is 0.496 e. The van der Waals surface area contributed by atoms with Gasteiger partial charge < -0.3 is 4.74 Å². The molecule has 0 atom stereocenters. The number of benzene rings is 1. The normalized spacial score (nSPS) is 11.4. The minimum Gasteiger partial charge on any atom is -0.496 e. The van der Waals surface area contributed by atoms with Crippen LogP contribution in [-0.4, -0.2) is 36.9 Å². The second-order valence-electron chi connectivity index (χ2n) is 5.68. The number of hydrogen-bond acceptors (Lipinski definition) is 3. The van der Waals surface area contributed by atoms with E-state index in [1.165, 1.54) is 25.3 Å². The van der Waals surface area contributed by atoms with Crippen LogP contribution in [0.4, 0.5) is 4.39 Å². The lowest BCUT2D eigenvalue weighted by atomic mass is 10.1. The highest BCUT2D eigenvalue weighted by Gasteiger charge is 2.19. The van der Waals surface area contributed by atoms with Crippen molar-refractivity contribution >= 4 is 5.78 Å². The summed E-state index contributed by atoms with van der Waals surface area (Å²) in [5.41, 5.74) is 0.307. The number of nitrogens with zero attached hydrogens (tertiary/aromatic N) is 1. The van der Waals surface area contributed by atoms with Crippen molar-refractivity contribution in [3.05, 3.63) is 29.6 Å². The third-order valence-corrected chi connectivity index (χ3v) is 3.14. The summed E-state index contributed by atoms with van der Waals surface area (Å²) in [7, 11) is 1.48. The fraction of sp³-hybridized carbons (Fsp3) is 0.562. The zero-order chi connectivity index (χ0) is 15.3. The van der Waals surface area contributed by atoms with Crippen LogP contribution < -0.4 is 4.74 Å². The van der Waals surface area contributed by atoms with Crippen LogP contribution in [0.25, 0.3) is 0 Å². The maximum Gasteiger partial charge on any atom is 0.180 e. The van der Waals surface area contributed by atoms with Crippen LogP contribution in [-0.2, 0) is 0 Å². The van der Waals surface area contributed by atoms with Crippen molar-refractivity contribution in [3.63, 3.8) is 0 Å². The van der Waals surface area contributed by atoms with Crippen LogP contribution in [0.3, 0.4) is 0 Å². The SMILES string of the molecule is COc1ccc(F)cc1C(=O)CN(CC(C)C)C(C)C. The number of carbonyl (C=O) groups excluding carboxylic acids is 1. The second kappa shape index (κ2) is 7.39. The number of ether oxygens (including phenoxy) is 1. The Kier molecular flexibility index (Phi) is 6.14. The highest BCUT2D eigenvalue weighted by molar-refractivity contribution is 6.00. The average Bonchev–Trinajstić information content (AvgIpc) is 2.37. The van der Waals surface area contributed by atoms with Crippen molar-refractivity contribution in [2.75, 3.05) is 20.2 Å². The lowest BCUT2D eigenvalue weighted by Crippen LogP contribution is -2.38. The van der Waals surface area contributed by atoms with Gasteiger partial charge in [-0.25, -0.2) is 4.39 Å². The summed E-state index contributed by atoms with van der Waals surface area (Å²) < 4.78 is 18.5. The molecule has 0 radical (unpaired) electrons. The highest BCUT2D eigenvalue weighted by atomic mass is 19.1. The molecule has 0 saturated carbocycles. The van der Waals surface area contributed by atoms with Gasteiger partial charge in [0.15, 0.2) is 5.78 Å². The molecule has 1 aromatic carbocycles. The van der Waals surface area contributed by atoms with E-state index in [9.17, 15) is 9.18 Å². The van der Waals surface area contributed by atoms with Gasteiger partial charge in [0.2, 0.25) is 0 Å². The first-order chi connectivity index (χ1) is 9.35. The van der Waals surface area contributed by atoms with E-state index in [-0.39, 0.29) is 18.4 Å². The molecule has 0 amide bonds. The standard InChI is InChI=1S/C16H24FNO2/c1-11(2)9-18(12(3)4)10-15(19)14-8-13(17)6-7-16(14)20-5/h6-8,11-12H,9-10H2,1-5H3. The molecule has 0 aromatic heterocycles. The predicted molar refractivity (Wildman–Crippen MR) is 78.8 cm³/mol. The minimum atomic E-state index is -0.422. The van der Waals surface area contributed by atoms with Crippen molar-refractivity contribution in [2.45, 2.75) is 33.7 Å². The Morgan fingerprint density at radius 1 is 1.30 bits per heavy atom. The summed E-state index contributed by atoms with van der Waals surface area (Å²) in [5, 5.41) is 0. The molecular formula is C16H24FNO2. The van der Waals surface area contributed by atoms with Crippen LogP contribution in [0.2, 0.25) is 0 Å². The number of carbonyl (C=O) groups is 1. The van der Waals surface area contributed by atoms with Crippen molar-refractivity contribution in [1.82, 2.24) is 4.90 Å². The van der Waals surface area contributed by atoms with Crippen LogP contribution in [0.5, 0.6) is 5.75 Å². The van der Waals surface area contributed by atoms with E-state index in [1.807, 2.05) is 0 Å². The Hall–Kier alpha value is -1.42. The van der Waals surface area contributed by atoms with Crippen molar-refractivity contribution in [1.29, 1.82) is 0 Å². The molecule has 0 spiro atoms. The molecule has 0 aliphatic rings. The first-order valence-electron chi connectivity index (χ1n) is 6.96. The van der Waals surface area contributed by atoms with Crippen molar-refractivity contribution in [2.24, 2.45) is 5.92 Å². The predicted octanol–water partition coefficient (Wildman–Crippen LogP) is 3.38. The van der Waals surface area contributed by atoms with Gasteiger partial charge in [-0.05, 0) is 38.0 Å². The van der Waals surface area contributed by atoms with Gasteiger partial charge in [-0.15, -0.1) is 0 Å². The molecule has 0 aliphatic carbocycles. The number of methoxy groups -OCH3 is 1. The van der Waals surface area contributed by atoms with Crippen LogP contribution >= 0.6 is 0 Å². The van der Waals surface area contributed by atoms with Crippen molar-refractivity contribution in [3.8, 4) is 5.75 Å². The molecule has 112 valence electrons. The van der Waals surface area contributed by atoms with Crippen LogP contribution in [0, 0.1) is 11.7 Å². The van der Waals surface area contributed by atoms with Gasteiger partial charge in [-0.1, -0.05) is 13.8 Å². The van der Waals surface area contributed by atoms with Gasteiger partial charge in [0.1, 0.15) is 11.6 Å². The zero-order valence-corrected chi connectivity index (χ0v) is 12.9. The fourth-order valence-corrected chi connectivity index (χ4v) is 2.09. The second-order valence-corrected chi connectivity index (χ2v) is 5.68. The number of Topliss-reactive ketones (excluding diaryl/α,β-unsaturated/α-hetero) is 1. The molecule has 20 heavy (non-hydrogen) atoms. The molecule has 0 N–H and O–H groups in total. The topological polar surface area (TPSA) is 29.5 Å². The smallest absolute Gasteiger partial charge is 0.180 e. The quantitative estimate of drug-likeness (QED) is 0.718. The number of ketones is 1. The van der Waals surface area contributed by atoms with E-state index >= 15 is 0 Å². The molecule has 1 rings (SSSR count). The van der Waals surface area contributed by atoms with Gasteiger partial charge in [-0.2, -0.15) is 0 Å². The molecule has 0 unspecified atom stereocenters. The van der Waals surface area contributed by atoms with E-state index in [4.69, 9.17) is 4.74 Å².